The molecule has 0 N–H and O–H groups in total. The third-order valence-electron chi connectivity index (χ3n) is 2.65. The number of ether oxygens (including phenoxy) is 1. The number of hydrogen-bond donors (Lipinski definition) is 0. The van der Waals surface area contributed by atoms with Gasteiger partial charge < -0.3 is 4.74 Å². The summed E-state index contributed by atoms with van der Waals surface area (Å²) in [5.41, 5.74) is 0.633. The predicted molar refractivity (Wildman–Crippen MR) is 85.1 cm³/mol. The van der Waals surface area contributed by atoms with Gasteiger partial charge in [-0.2, -0.15) is 5.26 Å². The molecule has 0 aliphatic heterocycles. The van der Waals surface area contributed by atoms with Crippen LogP contribution in [0.25, 0.3) is 0 Å². The Morgan fingerprint density at radius 1 is 1.24 bits per heavy atom. The molecule has 0 aromatic heterocycles. The van der Waals surface area contributed by atoms with Crippen LogP contribution in [-0.4, -0.2) is 12.4 Å². The molecule has 0 amide bonds. The van der Waals surface area contributed by atoms with Crippen LogP contribution in [0.1, 0.15) is 15.9 Å². The van der Waals surface area contributed by atoms with Crippen molar-refractivity contribution < 1.29 is 9.53 Å². The Labute approximate surface area is 140 Å². The van der Waals surface area contributed by atoms with Gasteiger partial charge in [0.05, 0.1) is 10.6 Å². The molecule has 0 bridgehead atoms. The average Bonchev–Trinajstić information content (AvgIpc) is 2.48. The van der Waals surface area contributed by atoms with Crippen molar-refractivity contribution in [2.75, 3.05) is 6.61 Å². The van der Waals surface area contributed by atoms with Crippen molar-refractivity contribution in [3.63, 3.8) is 0 Å². The van der Waals surface area contributed by atoms with Gasteiger partial charge in [0.1, 0.15) is 11.8 Å². The molecule has 0 aliphatic carbocycles. The number of carbonyl (C=O) groups excluding carboxylic acids is 1. The highest BCUT2D eigenvalue weighted by Gasteiger charge is 2.13. The molecular weight excluding hydrogens is 377 g/mol. The maximum Gasteiger partial charge on any atom is 0.201 e. The van der Waals surface area contributed by atoms with E-state index in [4.69, 9.17) is 33.2 Å². The fourth-order valence-corrected chi connectivity index (χ4v) is 2.40. The summed E-state index contributed by atoms with van der Waals surface area (Å²) >= 11 is 15.1. The van der Waals surface area contributed by atoms with Gasteiger partial charge >= 0.3 is 0 Å². The number of nitriles is 1. The number of Topliss-reactive ketones (excluding diaryl/α,β-unsaturated/α-hetero) is 1. The van der Waals surface area contributed by atoms with Gasteiger partial charge in [0.25, 0.3) is 0 Å². The quantitative estimate of drug-likeness (QED) is 0.705. The lowest BCUT2D eigenvalue weighted by Gasteiger charge is -2.08. The molecule has 0 radical (unpaired) electrons. The van der Waals surface area contributed by atoms with Crippen LogP contribution in [0.2, 0.25) is 10.0 Å². The summed E-state index contributed by atoms with van der Waals surface area (Å²) < 4.78 is 6.16. The average molecular weight is 385 g/mol. The lowest BCUT2D eigenvalue weighted by molar-refractivity contribution is 0.0921. The van der Waals surface area contributed by atoms with Crippen LogP contribution in [0.4, 0.5) is 0 Å². The molecule has 0 fully saturated rings. The van der Waals surface area contributed by atoms with Crippen LogP contribution >= 0.6 is 39.1 Å². The largest absolute Gasteiger partial charge is 0.484 e. The van der Waals surface area contributed by atoms with Gasteiger partial charge in [-0.15, -0.1) is 0 Å². The highest BCUT2D eigenvalue weighted by atomic mass is 79.9. The van der Waals surface area contributed by atoms with Crippen molar-refractivity contribution >= 4 is 44.9 Å². The van der Waals surface area contributed by atoms with Crippen LogP contribution in [-0.2, 0) is 0 Å². The maximum absolute atomic E-state index is 12.1. The molecule has 0 saturated carbocycles. The minimum Gasteiger partial charge on any atom is -0.484 e. The Bertz CT molecular complexity index is 741. The topological polar surface area (TPSA) is 50.1 Å². The van der Waals surface area contributed by atoms with E-state index in [9.17, 15) is 4.79 Å². The van der Waals surface area contributed by atoms with E-state index in [1.54, 1.807) is 30.3 Å². The number of hydrogen-bond acceptors (Lipinski definition) is 3. The van der Waals surface area contributed by atoms with Crippen LogP contribution in [0, 0.1) is 11.3 Å². The van der Waals surface area contributed by atoms with E-state index in [1.807, 2.05) is 6.07 Å². The molecule has 2 aromatic carbocycles. The monoisotopic (exact) mass is 383 g/mol. The summed E-state index contributed by atoms with van der Waals surface area (Å²) in [5.74, 6) is 0.0292. The molecule has 0 atom stereocenters. The summed E-state index contributed by atoms with van der Waals surface area (Å²) in [7, 11) is 0. The number of benzene rings is 2. The van der Waals surface area contributed by atoms with Gasteiger partial charge in [0.15, 0.2) is 6.61 Å². The summed E-state index contributed by atoms with van der Waals surface area (Å²) in [6.07, 6.45) is 0. The molecule has 3 nitrogen and oxygen atoms in total. The maximum atomic E-state index is 12.1. The predicted octanol–water partition coefficient (Wildman–Crippen LogP) is 4.89. The summed E-state index contributed by atoms with van der Waals surface area (Å²) in [4.78, 5) is 12.1. The zero-order valence-corrected chi connectivity index (χ0v) is 13.7. The normalized spacial score (nSPS) is 10.0. The minimum atomic E-state index is -0.311. The van der Waals surface area contributed by atoms with E-state index in [-0.39, 0.29) is 12.4 Å². The third-order valence-corrected chi connectivity index (χ3v) is 3.71. The van der Waals surface area contributed by atoms with Gasteiger partial charge in [-0.05, 0) is 36.4 Å². The fraction of sp³-hybridized carbons (Fsp3) is 0.0667. The van der Waals surface area contributed by atoms with Crippen molar-refractivity contribution in [1.29, 1.82) is 5.26 Å². The van der Waals surface area contributed by atoms with Crippen molar-refractivity contribution in [2.24, 2.45) is 0 Å². The molecule has 21 heavy (non-hydrogen) atoms. The van der Waals surface area contributed by atoms with E-state index in [2.05, 4.69) is 15.9 Å². The summed E-state index contributed by atoms with van der Waals surface area (Å²) in [6, 6.07) is 11.6. The molecule has 0 spiro atoms. The first-order valence-electron chi connectivity index (χ1n) is 5.82. The van der Waals surface area contributed by atoms with Crippen molar-refractivity contribution in [1.82, 2.24) is 0 Å². The van der Waals surface area contributed by atoms with E-state index in [1.165, 1.54) is 6.07 Å². The molecule has 6 heteroatoms. The molecule has 0 saturated heterocycles. The first-order valence-corrected chi connectivity index (χ1v) is 7.37. The molecular formula is C15H8BrCl2NO2. The Morgan fingerprint density at radius 2 is 2.00 bits per heavy atom. The third kappa shape index (κ3) is 3.98. The summed E-state index contributed by atoms with van der Waals surface area (Å²) in [5, 5.41) is 9.76. The lowest BCUT2D eigenvalue weighted by Crippen LogP contribution is -2.12. The zero-order valence-electron chi connectivity index (χ0n) is 10.6. The molecule has 0 heterocycles. The Kier molecular flexibility index (Phi) is 5.24. The van der Waals surface area contributed by atoms with Crippen LogP contribution in [0.15, 0.2) is 40.9 Å². The van der Waals surface area contributed by atoms with Crippen molar-refractivity contribution in [3.8, 4) is 11.8 Å². The Hall–Kier alpha value is -1.54. The smallest absolute Gasteiger partial charge is 0.201 e. The van der Waals surface area contributed by atoms with Crippen molar-refractivity contribution in [3.05, 3.63) is 62.0 Å². The molecule has 2 rings (SSSR count). The first-order chi connectivity index (χ1) is 10.0. The van der Waals surface area contributed by atoms with Crippen molar-refractivity contribution in [2.45, 2.75) is 0 Å². The minimum absolute atomic E-state index is 0.226. The fourth-order valence-electron chi connectivity index (χ4n) is 1.65. The molecule has 0 aliphatic rings. The van der Waals surface area contributed by atoms with E-state index < -0.39 is 0 Å². The number of carbonyl (C=O) groups is 1. The van der Waals surface area contributed by atoms with Gasteiger partial charge in [-0.25, -0.2) is 0 Å². The second-order valence-electron chi connectivity index (χ2n) is 4.09. The first kappa shape index (κ1) is 15.8. The lowest BCUT2D eigenvalue weighted by atomic mass is 10.1. The SMILES string of the molecule is N#Cc1cc(Br)ccc1OCC(=O)c1cc(Cl)ccc1Cl. The van der Waals surface area contributed by atoms with Gasteiger partial charge in [0, 0.05) is 15.1 Å². The number of halogens is 3. The Balaban J connectivity index is 2.15. The van der Waals surface area contributed by atoms with Crippen LogP contribution in [0.3, 0.4) is 0 Å². The molecule has 2 aromatic rings. The van der Waals surface area contributed by atoms with Gasteiger partial charge in [-0.3, -0.25) is 4.79 Å². The number of ketones is 1. The number of rotatable bonds is 4. The van der Waals surface area contributed by atoms with E-state index in [0.717, 1.165) is 4.47 Å². The van der Waals surface area contributed by atoms with E-state index in [0.29, 0.717) is 26.9 Å². The second kappa shape index (κ2) is 6.95. The second-order valence-corrected chi connectivity index (χ2v) is 5.85. The highest BCUT2D eigenvalue weighted by molar-refractivity contribution is 9.10. The molecule has 0 unspecified atom stereocenters. The van der Waals surface area contributed by atoms with Crippen LogP contribution < -0.4 is 4.74 Å². The molecule has 106 valence electrons. The standard InChI is InChI=1S/C15H8BrCl2NO2/c16-10-1-4-15(9(5-10)7-19)21-8-14(20)12-6-11(17)2-3-13(12)18/h1-6H,8H2. The van der Waals surface area contributed by atoms with Gasteiger partial charge in [0.2, 0.25) is 5.78 Å². The van der Waals surface area contributed by atoms with E-state index >= 15 is 0 Å². The summed E-state index contributed by atoms with van der Waals surface area (Å²) in [6.45, 7) is -0.226. The Morgan fingerprint density at radius 3 is 2.71 bits per heavy atom. The highest BCUT2D eigenvalue weighted by Crippen LogP contribution is 2.24. The zero-order chi connectivity index (χ0) is 15.4. The van der Waals surface area contributed by atoms with Crippen LogP contribution in [0.5, 0.6) is 5.75 Å². The van der Waals surface area contributed by atoms with Gasteiger partial charge in [-0.1, -0.05) is 39.1 Å². The number of nitrogens with zero attached hydrogens (tertiary/aromatic N) is 1.